The maximum Gasteiger partial charge on any atom is 0.261 e. The van der Waals surface area contributed by atoms with Crippen molar-refractivity contribution in [3.63, 3.8) is 0 Å². The third-order valence-corrected chi connectivity index (χ3v) is 4.78. The van der Waals surface area contributed by atoms with E-state index in [-0.39, 0.29) is 18.8 Å². The zero-order valence-corrected chi connectivity index (χ0v) is 12.8. The number of nitrogens with zero attached hydrogens (tertiary/aromatic N) is 2. The lowest BCUT2D eigenvalue weighted by atomic mass is 10.1. The van der Waals surface area contributed by atoms with Crippen LogP contribution in [0.4, 0.5) is 0 Å². The highest BCUT2D eigenvalue weighted by Crippen LogP contribution is 2.22. The van der Waals surface area contributed by atoms with Gasteiger partial charge in [-0.15, -0.1) is 0 Å². The highest BCUT2D eigenvalue weighted by molar-refractivity contribution is 7.89. The third-order valence-electron chi connectivity index (χ3n) is 3.48. The van der Waals surface area contributed by atoms with Gasteiger partial charge < -0.3 is 4.98 Å². The van der Waals surface area contributed by atoms with E-state index < -0.39 is 21.8 Å². The monoisotopic (exact) mass is 334 g/mol. The fourth-order valence-electron chi connectivity index (χ4n) is 2.30. The molecule has 1 aromatic heterocycles. The first-order chi connectivity index (χ1) is 11.0. The molecule has 2 N–H and O–H groups in total. The highest BCUT2D eigenvalue weighted by atomic mass is 32.2. The maximum atomic E-state index is 12.1. The second kappa shape index (κ2) is 5.94. The van der Waals surface area contributed by atoms with Crippen molar-refractivity contribution in [2.45, 2.75) is 6.54 Å². The van der Waals surface area contributed by atoms with Gasteiger partial charge in [-0.05, 0) is 12.1 Å². The first-order valence-electron chi connectivity index (χ1n) is 6.89. The maximum absolute atomic E-state index is 12.1. The van der Waals surface area contributed by atoms with Crippen molar-refractivity contribution in [2.75, 3.05) is 12.3 Å². The normalized spacial score (nSPS) is 14.3. The first-order valence-corrected chi connectivity index (χ1v) is 8.54. The second-order valence-corrected chi connectivity index (χ2v) is 6.91. The van der Waals surface area contributed by atoms with Gasteiger partial charge in [0.25, 0.3) is 11.8 Å². The smallest absolute Gasteiger partial charge is 0.261 e. The molecule has 0 atom stereocenters. The van der Waals surface area contributed by atoms with Crippen LogP contribution in [0.5, 0.6) is 0 Å². The minimum absolute atomic E-state index is 0.0252. The summed E-state index contributed by atoms with van der Waals surface area (Å²) in [6.45, 7) is -0.169. The molecule has 1 aliphatic heterocycles. The third kappa shape index (κ3) is 3.15. The Morgan fingerprint density at radius 1 is 1.13 bits per heavy atom. The summed E-state index contributed by atoms with van der Waals surface area (Å²) in [4.78, 5) is 31.9. The largest absolute Gasteiger partial charge is 0.347 e. The molecule has 3 rings (SSSR count). The van der Waals surface area contributed by atoms with Crippen molar-refractivity contribution in [1.82, 2.24) is 19.6 Å². The van der Waals surface area contributed by atoms with E-state index in [4.69, 9.17) is 0 Å². The van der Waals surface area contributed by atoms with Crippen molar-refractivity contribution >= 4 is 21.8 Å². The number of carbonyl (C=O) groups is 2. The summed E-state index contributed by atoms with van der Waals surface area (Å²) in [6, 6.07) is 6.43. The van der Waals surface area contributed by atoms with Crippen molar-refractivity contribution in [3.05, 3.63) is 53.6 Å². The molecule has 0 saturated heterocycles. The van der Waals surface area contributed by atoms with Crippen LogP contribution in [0, 0.1) is 0 Å². The Kier molecular flexibility index (Phi) is 3.97. The van der Waals surface area contributed by atoms with E-state index in [2.05, 4.69) is 14.7 Å². The minimum atomic E-state index is -3.64. The summed E-state index contributed by atoms with van der Waals surface area (Å²) >= 11 is 0. The molecule has 23 heavy (non-hydrogen) atoms. The summed E-state index contributed by atoms with van der Waals surface area (Å²) in [7, 11) is -3.64. The number of nitrogens with one attached hydrogen (secondary N) is 2. The highest BCUT2D eigenvalue weighted by Gasteiger charge is 2.35. The van der Waals surface area contributed by atoms with Gasteiger partial charge in [-0.3, -0.25) is 14.5 Å². The zero-order chi connectivity index (χ0) is 16.4. The van der Waals surface area contributed by atoms with Crippen LogP contribution in [-0.2, 0) is 16.6 Å². The van der Waals surface area contributed by atoms with Gasteiger partial charge in [0.05, 0.1) is 23.4 Å². The van der Waals surface area contributed by atoms with Gasteiger partial charge >= 0.3 is 0 Å². The molecule has 2 amide bonds. The molecule has 0 fully saturated rings. The molecule has 9 heteroatoms. The van der Waals surface area contributed by atoms with E-state index in [1.54, 1.807) is 30.5 Å². The topological polar surface area (TPSA) is 112 Å². The van der Waals surface area contributed by atoms with Gasteiger partial charge in [0, 0.05) is 18.9 Å². The fourth-order valence-corrected chi connectivity index (χ4v) is 3.22. The van der Waals surface area contributed by atoms with Crippen LogP contribution in [0.25, 0.3) is 0 Å². The Morgan fingerprint density at radius 3 is 2.35 bits per heavy atom. The number of amides is 2. The van der Waals surface area contributed by atoms with E-state index in [1.807, 2.05) is 0 Å². The molecule has 2 aromatic rings. The van der Waals surface area contributed by atoms with E-state index in [0.717, 1.165) is 4.90 Å². The number of imide groups is 1. The number of hydrogen-bond donors (Lipinski definition) is 2. The summed E-state index contributed by atoms with van der Waals surface area (Å²) in [5, 5.41) is 0. The lowest BCUT2D eigenvalue weighted by molar-refractivity contribution is 0.0664. The van der Waals surface area contributed by atoms with Gasteiger partial charge in [-0.1, -0.05) is 12.1 Å². The average Bonchev–Trinajstić information content (AvgIpc) is 3.13. The second-order valence-electron chi connectivity index (χ2n) is 4.98. The Balaban J connectivity index is 1.62. The minimum Gasteiger partial charge on any atom is -0.347 e. The van der Waals surface area contributed by atoms with Crippen molar-refractivity contribution in [3.8, 4) is 0 Å². The fraction of sp³-hybridized carbons (Fsp3) is 0.214. The number of fused-ring (bicyclic) bond motifs is 1. The van der Waals surface area contributed by atoms with Crippen LogP contribution in [0.2, 0.25) is 0 Å². The van der Waals surface area contributed by atoms with E-state index >= 15 is 0 Å². The number of imidazole rings is 1. The quantitative estimate of drug-likeness (QED) is 0.729. The van der Waals surface area contributed by atoms with Crippen LogP contribution in [0.1, 0.15) is 26.5 Å². The van der Waals surface area contributed by atoms with Gasteiger partial charge in [0.15, 0.2) is 0 Å². The van der Waals surface area contributed by atoms with E-state index in [0.29, 0.717) is 17.0 Å². The molecule has 2 heterocycles. The number of aromatic nitrogens is 2. The number of carbonyl (C=O) groups excluding carboxylic acids is 2. The van der Waals surface area contributed by atoms with Crippen LogP contribution < -0.4 is 4.72 Å². The first kappa shape index (κ1) is 15.4. The summed E-state index contributed by atoms with van der Waals surface area (Å²) < 4.78 is 26.3. The van der Waals surface area contributed by atoms with E-state index in [9.17, 15) is 18.0 Å². The summed E-state index contributed by atoms with van der Waals surface area (Å²) in [6.07, 6.45) is 3.10. The molecule has 1 aromatic carbocycles. The van der Waals surface area contributed by atoms with E-state index in [1.165, 1.54) is 6.20 Å². The van der Waals surface area contributed by atoms with Gasteiger partial charge in [0.1, 0.15) is 5.82 Å². The van der Waals surface area contributed by atoms with Crippen LogP contribution >= 0.6 is 0 Å². The lowest BCUT2D eigenvalue weighted by Crippen LogP contribution is -2.37. The standard InChI is InChI=1S/C14H14N4O4S/c19-13-10-3-1-2-4-11(10)14(20)18(13)7-8-23(21,22)17-9-12-15-5-6-16-12/h1-6,17H,7-9H2,(H,15,16). The molecule has 0 bridgehead atoms. The SMILES string of the molecule is O=C1c2ccccc2C(=O)N1CCS(=O)(=O)NCc1ncc[nH]1. The molecule has 1 aliphatic rings. The number of aromatic amines is 1. The predicted octanol–water partition coefficient (Wildman–Crippen LogP) is 0.125. The van der Waals surface area contributed by atoms with Gasteiger partial charge in [0.2, 0.25) is 10.0 Å². The Bertz CT molecular complexity index is 810. The lowest BCUT2D eigenvalue weighted by Gasteiger charge is -2.14. The van der Waals surface area contributed by atoms with Crippen molar-refractivity contribution in [2.24, 2.45) is 0 Å². The molecule has 0 aliphatic carbocycles. The molecule has 8 nitrogen and oxygen atoms in total. The number of benzene rings is 1. The molecule has 120 valence electrons. The summed E-state index contributed by atoms with van der Waals surface area (Å²) in [5.41, 5.74) is 0.608. The molecule has 0 radical (unpaired) electrons. The molecular weight excluding hydrogens is 320 g/mol. The van der Waals surface area contributed by atoms with Crippen LogP contribution in [-0.4, -0.2) is 47.4 Å². The van der Waals surface area contributed by atoms with Gasteiger partial charge in [-0.2, -0.15) is 0 Å². The molecule has 0 saturated carbocycles. The average molecular weight is 334 g/mol. The molecule has 0 spiro atoms. The number of sulfonamides is 1. The molecular formula is C14H14N4O4S. The Hall–Kier alpha value is -2.52. The number of H-pyrrole nitrogens is 1. The van der Waals surface area contributed by atoms with Crippen molar-refractivity contribution < 1.29 is 18.0 Å². The zero-order valence-electron chi connectivity index (χ0n) is 12.0. The number of rotatable bonds is 6. The van der Waals surface area contributed by atoms with Crippen molar-refractivity contribution in [1.29, 1.82) is 0 Å². The Morgan fingerprint density at radius 2 is 1.78 bits per heavy atom. The Labute approximate surface area is 132 Å². The predicted molar refractivity (Wildman–Crippen MR) is 81.0 cm³/mol. The van der Waals surface area contributed by atoms with Crippen LogP contribution in [0.15, 0.2) is 36.7 Å². The van der Waals surface area contributed by atoms with Crippen LogP contribution in [0.3, 0.4) is 0 Å². The summed E-state index contributed by atoms with van der Waals surface area (Å²) in [5.74, 6) is -0.813. The number of hydrogen-bond acceptors (Lipinski definition) is 5. The van der Waals surface area contributed by atoms with Gasteiger partial charge in [-0.25, -0.2) is 18.1 Å². The molecule has 0 unspecified atom stereocenters.